The molecule has 0 aliphatic carbocycles. The topological polar surface area (TPSA) is 83.8 Å². The number of rotatable bonds is 1. The lowest BCUT2D eigenvalue weighted by Gasteiger charge is -2.25. The summed E-state index contributed by atoms with van der Waals surface area (Å²) in [5, 5.41) is 18.3. The van der Waals surface area contributed by atoms with Crippen LogP contribution in [0.25, 0.3) is 0 Å². The fourth-order valence-electron chi connectivity index (χ4n) is 1.37. The Kier molecular flexibility index (Phi) is 1.97. The van der Waals surface area contributed by atoms with Gasteiger partial charge in [-0.05, 0) is 17.7 Å². The Balaban J connectivity index is 2.49. The number of ether oxygens (including phenoxy) is 1. The summed E-state index contributed by atoms with van der Waals surface area (Å²) in [7, 11) is 0. The van der Waals surface area contributed by atoms with E-state index >= 15 is 0 Å². The minimum absolute atomic E-state index is 0.150. The summed E-state index contributed by atoms with van der Waals surface area (Å²) in [4.78, 5) is 22.2. The highest BCUT2D eigenvalue weighted by Gasteiger charge is 2.47. The van der Waals surface area contributed by atoms with Gasteiger partial charge in [-0.3, -0.25) is 4.79 Å². The molecule has 78 valence electrons. The van der Waals surface area contributed by atoms with Gasteiger partial charge in [-0.15, -0.1) is 0 Å². The second kappa shape index (κ2) is 3.06. The highest BCUT2D eigenvalue weighted by Crippen LogP contribution is 2.24. The number of fused-ring (bicyclic) bond motifs is 5. The lowest BCUT2D eigenvalue weighted by Crippen LogP contribution is -2.53. The number of carboxylic acid groups (broad SMARTS) is 1. The van der Waals surface area contributed by atoms with Crippen molar-refractivity contribution in [1.29, 1.82) is 0 Å². The SMILES string of the molecule is O=C(O)C1(O)Oc2ccc(cc2)CC1=O. The van der Waals surface area contributed by atoms with Crippen LogP contribution in [-0.2, 0) is 16.0 Å². The summed E-state index contributed by atoms with van der Waals surface area (Å²) < 4.78 is 4.78. The zero-order valence-corrected chi connectivity index (χ0v) is 7.64. The van der Waals surface area contributed by atoms with Crippen molar-refractivity contribution in [3.8, 4) is 5.75 Å². The summed E-state index contributed by atoms with van der Waals surface area (Å²) in [6.07, 6.45) is -0.164. The van der Waals surface area contributed by atoms with Crippen LogP contribution in [0.4, 0.5) is 0 Å². The highest BCUT2D eigenvalue weighted by atomic mass is 16.7. The Labute approximate surface area is 84.9 Å². The first-order valence-corrected chi connectivity index (χ1v) is 4.29. The number of ketones is 1. The maximum absolute atomic E-state index is 11.5. The van der Waals surface area contributed by atoms with Gasteiger partial charge < -0.3 is 14.9 Å². The van der Waals surface area contributed by atoms with Crippen LogP contribution in [0.5, 0.6) is 5.75 Å². The van der Waals surface area contributed by atoms with Crippen molar-refractivity contribution in [2.45, 2.75) is 12.2 Å². The van der Waals surface area contributed by atoms with E-state index in [0.29, 0.717) is 5.56 Å². The Hall–Kier alpha value is -1.88. The van der Waals surface area contributed by atoms with E-state index in [0.717, 1.165) is 0 Å². The van der Waals surface area contributed by atoms with Gasteiger partial charge in [0.2, 0.25) is 5.78 Å². The molecule has 5 heteroatoms. The maximum atomic E-state index is 11.5. The lowest BCUT2D eigenvalue weighted by molar-refractivity contribution is -0.196. The van der Waals surface area contributed by atoms with Gasteiger partial charge in [0.25, 0.3) is 0 Å². The fraction of sp³-hybridized carbons (Fsp3) is 0.200. The summed E-state index contributed by atoms with van der Waals surface area (Å²) in [6, 6.07) is 6.31. The van der Waals surface area contributed by atoms with Crippen molar-refractivity contribution in [3.05, 3.63) is 29.8 Å². The number of carbonyl (C=O) groups is 2. The van der Waals surface area contributed by atoms with Crippen molar-refractivity contribution >= 4 is 11.8 Å². The highest BCUT2D eigenvalue weighted by molar-refractivity contribution is 6.05. The predicted octanol–water partition coefficient (Wildman–Crippen LogP) is -0.0362. The van der Waals surface area contributed by atoms with E-state index in [1.165, 1.54) is 12.1 Å². The minimum Gasteiger partial charge on any atom is -0.476 e. The van der Waals surface area contributed by atoms with Crippen molar-refractivity contribution in [2.75, 3.05) is 0 Å². The third-order valence-corrected chi connectivity index (χ3v) is 2.22. The number of aliphatic hydroxyl groups is 1. The Morgan fingerprint density at radius 1 is 1.33 bits per heavy atom. The summed E-state index contributed by atoms with van der Waals surface area (Å²) >= 11 is 0. The number of benzene rings is 1. The molecule has 2 N–H and O–H groups in total. The van der Waals surface area contributed by atoms with Crippen LogP contribution < -0.4 is 4.74 Å². The molecule has 2 bridgehead atoms. The van der Waals surface area contributed by atoms with Crippen molar-refractivity contribution in [2.24, 2.45) is 0 Å². The Morgan fingerprint density at radius 3 is 2.47 bits per heavy atom. The fourth-order valence-corrected chi connectivity index (χ4v) is 1.37. The maximum Gasteiger partial charge on any atom is 0.385 e. The standard InChI is InChI=1S/C10H8O5/c11-8-5-6-1-3-7(4-2-6)15-10(8,14)9(12)13/h1-4,14H,5H2,(H,12,13). The van der Waals surface area contributed by atoms with Crippen LogP contribution in [0.2, 0.25) is 0 Å². The van der Waals surface area contributed by atoms with Crippen molar-refractivity contribution in [3.63, 3.8) is 0 Å². The first-order valence-electron chi connectivity index (χ1n) is 4.29. The van der Waals surface area contributed by atoms with E-state index in [2.05, 4.69) is 0 Å². The van der Waals surface area contributed by atoms with Crippen molar-refractivity contribution < 1.29 is 24.5 Å². The van der Waals surface area contributed by atoms with Gasteiger partial charge in [0.1, 0.15) is 5.75 Å². The van der Waals surface area contributed by atoms with Crippen molar-refractivity contribution in [1.82, 2.24) is 0 Å². The molecule has 3 rings (SSSR count). The van der Waals surface area contributed by atoms with Gasteiger partial charge in [0.05, 0.1) is 0 Å². The van der Waals surface area contributed by atoms with Gasteiger partial charge in [0.15, 0.2) is 0 Å². The molecule has 0 spiro atoms. The zero-order chi connectivity index (χ0) is 11.1. The Morgan fingerprint density at radius 2 is 1.93 bits per heavy atom. The zero-order valence-electron chi connectivity index (χ0n) is 7.64. The van der Waals surface area contributed by atoms with E-state index < -0.39 is 17.5 Å². The number of hydrogen-bond donors (Lipinski definition) is 2. The molecular formula is C10H8O5. The van der Waals surface area contributed by atoms with Crippen LogP contribution in [0.3, 0.4) is 0 Å². The smallest absolute Gasteiger partial charge is 0.385 e. The van der Waals surface area contributed by atoms with Crippen LogP contribution in [0, 0.1) is 0 Å². The van der Waals surface area contributed by atoms with Crippen LogP contribution >= 0.6 is 0 Å². The number of aliphatic carboxylic acids is 1. The van der Waals surface area contributed by atoms with Crippen LogP contribution in [0.1, 0.15) is 5.56 Å². The molecule has 1 aromatic rings. The van der Waals surface area contributed by atoms with Gasteiger partial charge >= 0.3 is 11.8 Å². The number of hydrogen-bond acceptors (Lipinski definition) is 4. The normalized spacial score (nSPS) is 24.2. The van der Waals surface area contributed by atoms with Gasteiger partial charge in [-0.2, -0.15) is 0 Å². The molecule has 0 aromatic heterocycles. The average molecular weight is 208 g/mol. The largest absolute Gasteiger partial charge is 0.476 e. The van der Waals surface area contributed by atoms with Crippen LogP contribution in [0.15, 0.2) is 24.3 Å². The number of carboxylic acids is 1. The summed E-state index contributed by atoms with van der Waals surface area (Å²) in [5.41, 5.74) is 0.645. The van der Waals surface area contributed by atoms with Gasteiger partial charge in [-0.25, -0.2) is 4.79 Å². The first-order chi connectivity index (χ1) is 7.02. The molecule has 1 atom stereocenters. The number of carbonyl (C=O) groups excluding carboxylic acids is 1. The molecule has 0 radical (unpaired) electrons. The number of Topliss-reactive ketones (excluding diaryl/α,β-unsaturated/α-hetero) is 1. The van der Waals surface area contributed by atoms with E-state index in [4.69, 9.17) is 9.84 Å². The first kappa shape index (κ1) is 9.67. The van der Waals surface area contributed by atoms with E-state index in [1.807, 2.05) is 0 Å². The molecule has 1 unspecified atom stereocenters. The third kappa shape index (κ3) is 1.46. The molecule has 2 heterocycles. The van der Waals surface area contributed by atoms with E-state index in [9.17, 15) is 14.7 Å². The predicted molar refractivity (Wildman–Crippen MR) is 48.4 cm³/mol. The second-order valence-electron chi connectivity index (χ2n) is 3.30. The molecule has 2 aliphatic rings. The molecule has 0 amide bonds. The molecule has 1 aromatic carbocycles. The second-order valence-corrected chi connectivity index (χ2v) is 3.30. The quantitative estimate of drug-likeness (QED) is 0.633. The molecule has 2 aliphatic heterocycles. The third-order valence-electron chi connectivity index (χ3n) is 2.22. The summed E-state index contributed by atoms with van der Waals surface area (Å²) in [5.74, 6) is -5.20. The average Bonchev–Trinajstić information content (AvgIpc) is 2.18. The van der Waals surface area contributed by atoms with E-state index in [-0.39, 0.29) is 12.2 Å². The molecule has 5 nitrogen and oxygen atoms in total. The molecule has 0 saturated heterocycles. The monoisotopic (exact) mass is 208 g/mol. The minimum atomic E-state index is -2.77. The molecular weight excluding hydrogens is 200 g/mol. The molecule has 0 fully saturated rings. The van der Waals surface area contributed by atoms with E-state index in [1.54, 1.807) is 12.1 Å². The molecule has 0 saturated carbocycles. The molecule has 15 heavy (non-hydrogen) atoms. The van der Waals surface area contributed by atoms with Crippen LogP contribution in [-0.4, -0.2) is 27.8 Å². The lowest BCUT2D eigenvalue weighted by atomic mass is 10.0. The summed E-state index contributed by atoms with van der Waals surface area (Å²) in [6.45, 7) is 0. The Bertz CT molecular complexity index is 422. The van der Waals surface area contributed by atoms with Gasteiger partial charge in [0, 0.05) is 6.42 Å². The van der Waals surface area contributed by atoms with Gasteiger partial charge in [-0.1, -0.05) is 12.1 Å².